The highest BCUT2D eigenvalue weighted by Crippen LogP contribution is 2.32. The highest BCUT2D eigenvalue weighted by molar-refractivity contribution is 5.85. The number of aliphatic hydroxyl groups excluding tert-OH is 1. The first-order valence-corrected chi connectivity index (χ1v) is 9.17. The molecular formula is C23H24FN3O2. The first kappa shape index (κ1) is 20.3. The number of rotatable bonds is 6. The number of halogens is 1. The summed E-state index contributed by atoms with van der Waals surface area (Å²) in [5.74, 6) is -0.543. The van der Waals surface area contributed by atoms with Crippen LogP contribution in [0.4, 0.5) is 4.39 Å². The zero-order chi connectivity index (χ0) is 21.3. The largest absolute Gasteiger partial charge is 0.512 e. The normalized spacial score (nSPS) is 11.4. The Morgan fingerprint density at radius 3 is 2.55 bits per heavy atom. The van der Waals surface area contributed by atoms with E-state index in [1.165, 1.54) is 12.3 Å². The molecule has 3 N–H and O–H groups in total. The molecule has 5 nitrogen and oxygen atoms in total. The van der Waals surface area contributed by atoms with Gasteiger partial charge in [0.1, 0.15) is 17.0 Å². The van der Waals surface area contributed by atoms with Gasteiger partial charge in [-0.15, -0.1) is 0 Å². The van der Waals surface area contributed by atoms with Crippen LogP contribution in [0, 0.1) is 18.2 Å². The topological polar surface area (TPSA) is 78.3 Å². The smallest absolute Gasteiger partial charge is 0.157 e. The Morgan fingerprint density at radius 1 is 1.21 bits per heavy atom. The van der Waals surface area contributed by atoms with Gasteiger partial charge in [-0.3, -0.25) is 9.97 Å². The summed E-state index contributed by atoms with van der Waals surface area (Å²) >= 11 is 0. The molecule has 0 atom stereocenters. The van der Waals surface area contributed by atoms with Crippen LogP contribution in [0.5, 0.6) is 5.75 Å². The van der Waals surface area contributed by atoms with Crippen molar-refractivity contribution < 1.29 is 14.6 Å². The number of benzene rings is 1. The van der Waals surface area contributed by atoms with Gasteiger partial charge in [-0.05, 0) is 19.1 Å². The molecule has 0 aliphatic heterocycles. The lowest BCUT2D eigenvalue weighted by Crippen LogP contribution is -2.29. The molecule has 0 fully saturated rings. The third-order valence-corrected chi connectivity index (χ3v) is 4.93. The van der Waals surface area contributed by atoms with E-state index >= 15 is 4.39 Å². The molecular weight excluding hydrogens is 369 g/mol. The Morgan fingerprint density at radius 2 is 1.90 bits per heavy atom. The zero-order valence-corrected chi connectivity index (χ0v) is 16.8. The van der Waals surface area contributed by atoms with E-state index in [-0.39, 0.29) is 22.7 Å². The molecule has 0 spiro atoms. The van der Waals surface area contributed by atoms with Crippen molar-refractivity contribution in [3.63, 3.8) is 0 Å². The number of hydrogen-bond donors (Lipinski definition) is 3. The van der Waals surface area contributed by atoms with Gasteiger partial charge in [0.15, 0.2) is 5.82 Å². The Labute approximate surface area is 169 Å². The van der Waals surface area contributed by atoms with Gasteiger partial charge >= 0.3 is 0 Å². The molecule has 0 radical (unpaired) electrons. The second-order valence-electron chi connectivity index (χ2n) is 7.71. The summed E-state index contributed by atoms with van der Waals surface area (Å²) in [7, 11) is 0. The van der Waals surface area contributed by atoms with Crippen LogP contribution in [-0.2, 0) is 0 Å². The Balaban J connectivity index is 1.90. The molecule has 0 aliphatic rings. The molecule has 0 saturated heterocycles. The van der Waals surface area contributed by atoms with Gasteiger partial charge in [-0.25, -0.2) is 4.39 Å². The van der Waals surface area contributed by atoms with Crippen molar-refractivity contribution in [1.82, 2.24) is 15.3 Å². The van der Waals surface area contributed by atoms with Crippen LogP contribution in [0.3, 0.4) is 0 Å². The van der Waals surface area contributed by atoms with Crippen molar-refractivity contribution >= 4 is 16.6 Å². The van der Waals surface area contributed by atoms with Crippen LogP contribution in [0.25, 0.3) is 27.7 Å². The molecule has 6 heteroatoms. The first-order chi connectivity index (χ1) is 13.6. The maximum Gasteiger partial charge on any atom is 0.157 e. The van der Waals surface area contributed by atoms with Gasteiger partial charge in [0.25, 0.3) is 0 Å². The van der Waals surface area contributed by atoms with Crippen LogP contribution in [0.2, 0.25) is 0 Å². The molecule has 29 heavy (non-hydrogen) atoms. The van der Waals surface area contributed by atoms with Crippen molar-refractivity contribution in [1.29, 1.82) is 0 Å². The summed E-state index contributed by atoms with van der Waals surface area (Å²) in [4.78, 5) is 8.54. The lowest BCUT2D eigenvalue weighted by atomic mass is 9.91. The standard InChI is InChI=1S/C23H24FN3O2/c1-13-6-7-16-8-9-18(20(24)22(16)27-13)17-10-19(29)21(25-11-17)14(2)26-12-23(4,5)15(3)28/h6-11,26,28-29H,2-3,12H2,1,4-5H3. The number of fused-ring (bicyclic) bond motifs is 1. The van der Waals surface area contributed by atoms with Crippen molar-refractivity contribution in [3.8, 4) is 16.9 Å². The molecule has 2 heterocycles. The third kappa shape index (κ3) is 4.06. The SMILES string of the molecule is C=C(NCC(C)(C)C(=C)O)c1ncc(-c2ccc3ccc(C)nc3c2F)cc1O. The van der Waals surface area contributed by atoms with Crippen LogP contribution < -0.4 is 5.32 Å². The fourth-order valence-corrected chi connectivity index (χ4v) is 2.82. The summed E-state index contributed by atoms with van der Waals surface area (Å²) in [6.07, 6.45) is 1.48. The van der Waals surface area contributed by atoms with Gasteiger partial charge in [0, 0.05) is 40.4 Å². The number of pyridine rings is 2. The van der Waals surface area contributed by atoms with E-state index in [2.05, 4.69) is 28.4 Å². The molecule has 1 aromatic carbocycles. The fourth-order valence-electron chi connectivity index (χ4n) is 2.82. The second-order valence-corrected chi connectivity index (χ2v) is 7.71. The number of hydrogen-bond acceptors (Lipinski definition) is 5. The summed E-state index contributed by atoms with van der Waals surface area (Å²) in [5, 5.41) is 23.8. The maximum atomic E-state index is 15.0. The molecule has 3 rings (SSSR count). The molecule has 0 saturated carbocycles. The average Bonchev–Trinajstić information content (AvgIpc) is 2.66. The molecule has 0 aliphatic carbocycles. The summed E-state index contributed by atoms with van der Waals surface area (Å²) in [5.41, 5.74) is 1.82. The lowest BCUT2D eigenvalue weighted by molar-refractivity contribution is 0.259. The summed E-state index contributed by atoms with van der Waals surface area (Å²) in [6.45, 7) is 13.3. The van der Waals surface area contributed by atoms with Crippen LogP contribution in [0.15, 0.2) is 55.4 Å². The van der Waals surface area contributed by atoms with E-state index in [4.69, 9.17) is 0 Å². The minimum absolute atomic E-state index is 0.0426. The van der Waals surface area contributed by atoms with E-state index in [1.807, 2.05) is 26.0 Å². The Hall–Kier alpha value is -3.41. The van der Waals surface area contributed by atoms with E-state index in [1.54, 1.807) is 19.1 Å². The third-order valence-electron chi connectivity index (χ3n) is 4.93. The number of nitrogens with zero attached hydrogens (tertiary/aromatic N) is 2. The minimum Gasteiger partial charge on any atom is -0.512 e. The maximum absolute atomic E-state index is 15.0. The predicted molar refractivity (Wildman–Crippen MR) is 114 cm³/mol. The van der Waals surface area contributed by atoms with Gasteiger partial charge in [0.2, 0.25) is 0 Å². The quantitative estimate of drug-likeness (QED) is 0.507. The highest BCUT2D eigenvalue weighted by atomic mass is 19.1. The Bertz CT molecular complexity index is 1120. The lowest BCUT2D eigenvalue weighted by Gasteiger charge is -2.24. The molecule has 0 amide bonds. The number of aliphatic hydroxyl groups is 1. The zero-order valence-electron chi connectivity index (χ0n) is 16.8. The monoisotopic (exact) mass is 393 g/mol. The van der Waals surface area contributed by atoms with Crippen LogP contribution in [-0.4, -0.2) is 26.7 Å². The number of aryl methyl sites for hydroxylation is 1. The number of aromatic nitrogens is 2. The van der Waals surface area contributed by atoms with Crippen molar-refractivity contribution in [2.45, 2.75) is 20.8 Å². The number of nitrogens with one attached hydrogen (secondary N) is 1. The van der Waals surface area contributed by atoms with E-state index in [9.17, 15) is 10.2 Å². The minimum atomic E-state index is -0.572. The molecule has 0 bridgehead atoms. The second kappa shape index (κ2) is 7.54. The van der Waals surface area contributed by atoms with Crippen LogP contribution >= 0.6 is 0 Å². The van der Waals surface area contributed by atoms with Crippen molar-refractivity contribution in [2.24, 2.45) is 5.41 Å². The first-order valence-electron chi connectivity index (χ1n) is 9.17. The van der Waals surface area contributed by atoms with Crippen LogP contribution in [0.1, 0.15) is 25.2 Å². The average molecular weight is 393 g/mol. The van der Waals surface area contributed by atoms with E-state index in [0.29, 0.717) is 28.8 Å². The fraction of sp³-hybridized carbons (Fsp3) is 0.217. The van der Waals surface area contributed by atoms with E-state index in [0.717, 1.165) is 5.69 Å². The Kier molecular flexibility index (Phi) is 5.29. The van der Waals surface area contributed by atoms with Gasteiger partial charge < -0.3 is 15.5 Å². The van der Waals surface area contributed by atoms with Gasteiger partial charge in [-0.2, -0.15) is 0 Å². The highest BCUT2D eigenvalue weighted by Gasteiger charge is 2.22. The van der Waals surface area contributed by atoms with Crippen molar-refractivity contribution in [3.05, 3.63) is 72.7 Å². The molecule has 3 aromatic rings. The summed E-state index contributed by atoms with van der Waals surface area (Å²) < 4.78 is 15.0. The molecule has 2 aromatic heterocycles. The predicted octanol–water partition coefficient (Wildman–Crippen LogP) is 5.11. The summed E-state index contributed by atoms with van der Waals surface area (Å²) in [6, 6.07) is 8.53. The molecule has 150 valence electrons. The van der Waals surface area contributed by atoms with Gasteiger partial charge in [-0.1, -0.05) is 45.2 Å². The molecule has 0 unspecified atom stereocenters. The van der Waals surface area contributed by atoms with Crippen molar-refractivity contribution in [2.75, 3.05) is 6.54 Å². The van der Waals surface area contributed by atoms with Gasteiger partial charge in [0.05, 0.1) is 11.5 Å². The number of aromatic hydroxyl groups is 1. The van der Waals surface area contributed by atoms with E-state index < -0.39 is 11.2 Å².